The first kappa shape index (κ1) is 14.3. The van der Waals surface area contributed by atoms with Crippen molar-refractivity contribution in [3.05, 3.63) is 48.5 Å². The molecular formula is C15H15NO3S. The molecule has 4 nitrogen and oxygen atoms in total. The van der Waals surface area contributed by atoms with Crippen LogP contribution in [0, 0.1) is 0 Å². The highest BCUT2D eigenvalue weighted by atomic mass is 32.2. The van der Waals surface area contributed by atoms with Crippen molar-refractivity contribution >= 4 is 23.4 Å². The van der Waals surface area contributed by atoms with Crippen molar-refractivity contribution in [2.24, 2.45) is 0 Å². The highest BCUT2D eigenvalue weighted by molar-refractivity contribution is 8.00. The first-order valence-electron chi connectivity index (χ1n) is 6.03. The molecule has 5 heteroatoms. The maximum Gasteiger partial charge on any atom is 0.234 e. The van der Waals surface area contributed by atoms with Crippen LogP contribution in [-0.2, 0) is 4.79 Å². The fourth-order valence-corrected chi connectivity index (χ4v) is 2.37. The second-order valence-electron chi connectivity index (χ2n) is 4.07. The molecular weight excluding hydrogens is 274 g/mol. The first-order chi connectivity index (χ1) is 9.67. The minimum atomic E-state index is -0.105. The Morgan fingerprint density at radius 1 is 1.25 bits per heavy atom. The van der Waals surface area contributed by atoms with Crippen LogP contribution in [0.2, 0.25) is 0 Å². The molecule has 0 bridgehead atoms. The maximum absolute atomic E-state index is 11.8. The van der Waals surface area contributed by atoms with E-state index in [2.05, 4.69) is 5.32 Å². The molecule has 2 aromatic rings. The third-order valence-corrected chi connectivity index (χ3v) is 3.53. The number of nitrogens with one attached hydrogen (secondary N) is 1. The van der Waals surface area contributed by atoms with Gasteiger partial charge in [-0.05, 0) is 30.3 Å². The standard InChI is InChI=1S/C15H15NO3S/c1-19-13-6-2-4-11(8-13)16-15(18)10-20-14-7-3-5-12(17)9-14/h2-9,17H,10H2,1H3,(H,16,18). The van der Waals surface area contributed by atoms with Crippen molar-refractivity contribution in [1.29, 1.82) is 0 Å². The van der Waals surface area contributed by atoms with Crippen molar-refractivity contribution in [2.75, 3.05) is 18.2 Å². The quantitative estimate of drug-likeness (QED) is 0.830. The van der Waals surface area contributed by atoms with Crippen LogP contribution in [0.3, 0.4) is 0 Å². The van der Waals surface area contributed by atoms with Gasteiger partial charge in [0.15, 0.2) is 0 Å². The van der Waals surface area contributed by atoms with E-state index in [-0.39, 0.29) is 17.4 Å². The molecule has 0 heterocycles. The summed E-state index contributed by atoms with van der Waals surface area (Å²) in [6, 6.07) is 14.0. The van der Waals surface area contributed by atoms with Crippen molar-refractivity contribution in [3.8, 4) is 11.5 Å². The van der Waals surface area contributed by atoms with Crippen LogP contribution in [-0.4, -0.2) is 23.9 Å². The predicted octanol–water partition coefficient (Wildman–Crippen LogP) is 3.13. The lowest BCUT2D eigenvalue weighted by molar-refractivity contribution is -0.113. The number of anilines is 1. The lowest BCUT2D eigenvalue weighted by Crippen LogP contribution is -2.13. The summed E-state index contributed by atoms with van der Waals surface area (Å²) in [5.41, 5.74) is 0.700. The highest BCUT2D eigenvalue weighted by Gasteiger charge is 2.05. The molecule has 0 atom stereocenters. The number of carbonyl (C=O) groups excluding carboxylic acids is 1. The van der Waals surface area contributed by atoms with Crippen LogP contribution in [0.1, 0.15) is 0 Å². The average molecular weight is 289 g/mol. The molecule has 0 radical (unpaired) electrons. The molecule has 2 aromatic carbocycles. The van der Waals surface area contributed by atoms with Crippen molar-refractivity contribution < 1.29 is 14.6 Å². The number of ether oxygens (including phenoxy) is 1. The number of hydrogen-bond acceptors (Lipinski definition) is 4. The molecule has 2 rings (SSSR count). The molecule has 0 fully saturated rings. The van der Waals surface area contributed by atoms with E-state index in [1.165, 1.54) is 11.8 Å². The number of rotatable bonds is 5. The van der Waals surface area contributed by atoms with Crippen LogP contribution >= 0.6 is 11.8 Å². The Kier molecular flexibility index (Phi) is 4.90. The number of phenols is 1. The SMILES string of the molecule is COc1cccc(NC(=O)CSc2cccc(O)c2)c1. The van der Waals surface area contributed by atoms with E-state index in [0.29, 0.717) is 11.4 Å². The average Bonchev–Trinajstić information content (AvgIpc) is 2.45. The lowest BCUT2D eigenvalue weighted by Gasteiger charge is -2.07. The summed E-state index contributed by atoms with van der Waals surface area (Å²) in [6.45, 7) is 0. The van der Waals surface area contributed by atoms with Crippen LogP contribution in [0.15, 0.2) is 53.4 Å². The van der Waals surface area contributed by atoms with Gasteiger partial charge in [0.2, 0.25) is 5.91 Å². The Morgan fingerprint density at radius 2 is 2.05 bits per heavy atom. The molecule has 0 aliphatic heterocycles. The number of amides is 1. The van der Waals surface area contributed by atoms with Crippen molar-refractivity contribution in [3.63, 3.8) is 0 Å². The van der Waals surface area contributed by atoms with Gasteiger partial charge in [0.05, 0.1) is 12.9 Å². The predicted molar refractivity (Wildman–Crippen MR) is 80.5 cm³/mol. The van der Waals surface area contributed by atoms with Crippen molar-refractivity contribution in [1.82, 2.24) is 0 Å². The van der Waals surface area contributed by atoms with E-state index in [9.17, 15) is 9.90 Å². The van der Waals surface area contributed by atoms with Gasteiger partial charge in [-0.3, -0.25) is 4.79 Å². The highest BCUT2D eigenvalue weighted by Crippen LogP contribution is 2.22. The summed E-state index contributed by atoms with van der Waals surface area (Å²) in [7, 11) is 1.58. The molecule has 0 aromatic heterocycles. The molecule has 0 saturated carbocycles. The maximum atomic E-state index is 11.8. The molecule has 2 N–H and O–H groups in total. The molecule has 0 aliphatic rings. The minimum absolute atomic E-state index is 0.105. The van der Waals surface area contributed by atoms with Crippen LogP contribution in [0.25, 0.3) is 0 Å². The second-order valence-corrected chi connectivity index (χ2v) is 5.11. The van der Waals surface area contributed by atoms with E-state index in [0.717, 1.165) is 4.90 Å². The van der Waals surface area contributed by atoms with E-state index in [1.54, 1.807) is 37.4 Å². The first-order valence-corrected chi connectivity index (χ1v) is 7.01. The summed E-state index contributed by atoms with van der Waals surface area (Å²) in [5.74, 6) is 1.07. The van der Waals surface area contributed by atoms with E-state index in [1.807, 2.05) is 18.2 Å². The van der Waals surface area contributed by atoms with Gasteiger partial charge >= 0.3 is 0 Å². The fourth-order valence-electron chi connectivity index (χ4n) is 1.62. The van der Waals surface area contributed by atoms with Gasteiger partial charge in [-0.25, -0.2) is 0 Å². The molecule has 20 heavy (non-hydrogen) atoms. The topological polar surface area (TPSA) is 58.6 Å². The molecule has 104 valence electrons. The Hall–Kier alpha value is -2.14. The zero-order chi connectivity index (χ0) is 14.4. The van der Waals surface area contributed by atoms with Gasteiger partial charge in [-0.15, -0.1) is 11.8 Å². The zero-order valence-electron chi connectivity index (χ0n) is 11.0. The smallest absolute Gasteiger partial charge is 0.234 e. The zero-order valence-corrected chi connectivity index (χ0v) is 11.8. The molecule has 1 amide bonds. The number of carbonyl (C=O) groups is 1. The summed E-state index contributed by atoms with van der Waals surface area (Å²) in [6.07, 6.45) is 0. The Bertz CT molecular complexity index is 601. The number of aromatic hydroxyl groups is 1. The van der Waals surface area contributed by atoms with Gasteiger partial charge in [0.25, 0.3) is 0 Å². The van der Waals surface area contributed by atoms with Gasteiger partial charge in [-0.2, -0.15) is 0 Å². The summed E-state index contributed by atoms with van der Waals surface area (Å²) < 4.78 is 5.09. The Labute approximate surface area is 121 Å². The van der Waals surface area contributed by atoms with E-state index < -0.39 is 0 Å². The minimum Gasteiger partial charge on any atom is -0.508 e. The van der Waals surface area contributed by atoms with E-state index >= 15 is 0 Å². The largest absolute Gasteiger partial charge is 0.508 e. The normalized spacial score (nSPS) is 10.1. The third-order valence-electron chi connectivity index (χ3n) is 2.54. The lowest BCUT2D eigenvalue weighted by atomic mass is 10.3. The number of phenolic OH excluding ortho intramolecular Hbond substituents is 1. The van der Waals surface area contributed by atoms with Gasteiger partial charge < -0.3 is 15.2 Å². The fraction of sp³-hybridized carbons (Fsp3) is 0.133. The number of hydrogen-bond donors (Lipinski definition) is 2. The third kappa shape index (κ3) is 4.20. The number of benzene rings is 2. The summed E-state index contributed by atoms with van der Waals surface area (Å²) in [4.78, 5) is 12.7. The van der Waals surface area contributed by atoms with Crippen molar-refractivity contribution in [2.45, 2.75) is 4.90 Å². The summed E-state index contributed by atoms with van der Waals surface area (Å²) >= 11 is 1.37. The van der Waals surface area contributed by atoms with Crippen LogP contribution in [0.4, 0.5) is 5.69 Å². The number of methoxy groups -OCH3 is 1. The molecule has 0 saturated heterocycles. The van der Waals surface area contributed by atoms with Gasteiger partial charge in [0.1, 0.15) is 11.5 Å². The van der Waals surface area contributed by atoms with Gasteiger partial charge in [0, 0.05) is 16.6 Å². The molecule has 0 unspecified atom stereocenters. The van der Waals surface area contributed by atoms with Gasteiger partial charge in [-0.1, -0.05) is 12.1 Å². The monoisotopic (exact) mass is 289 g/mol. The second kappa shape index (κ2) is 6.86. The Morgan fingerprint density at radius 3 is 2.80 bits per heavy atom. The molecule has 0 aliphatic carbocycles. The van der Waals surface area contributed by atoms with Crippen LogP contribution in [0.5, 0.6) is 11.5 Å². The number of thioether (sulfide) groups is 1. The summed E-state index contributed by atoms with van der Waals surface area (Å²) in [5, 5.41) is 12.1. The van der Waals surface area contributed by atoms with Crippen LogP contribution < -0.4 is 10.1 Å². The Balaban J connectivity index is 1.89. The molecule has 0 spiro atoms. The van der Waals surface area contributed by atoms with E-state index in [4.69, 9.17) is 4.74 Å².